The first kappa shape index (κ1) is 12.0. The molecule has 2 heterocycles. The van der Waals surface area contributed by atoms with E-state index in [1.54, 1.807) is 11.3 Å². The third kappa shape index (κ3) is 3.03. The van der Waals surface area contributed by atoms with E-state index in [1.165, 1.54) is 35.8 Å². The van der Waals surface area contributed by atoms with Gasteiger partial charge in [0, 0.05) is 17.1 Å². The molecule has 1 aliphatic heterocycles. The Bertz CT molecular complexity index is 329. The summed E-state index contributed by atoms with van der Waals surface area (Å²) in [6.07, 6.45) is 4.48. The van der Waals surface area contributed by atoms with Crippen molar-refractivity contribution in [1.29, 1.82) is 0 Å². The van der Waals surface area contributed by atoms with E-state index in [9.17, 15) is 0 Å². The van der Waals surface area contributed by atoms with Gasteiger partial charge in [-0.3, -0.25) is 0 Å². The molecule has 1 fully saturated rings. The minimum Gasteiger partial charge on any atom is -0.306 e. The van der Waals surface area contributed by atoms with E-state index in [4.69, 9.17) is 0 Å². The highest BCUT2D eigenvalue weighted by molar-refractivity contribution is 7.11. The largest absolute Gasteiger partial charge is 0.306 e. The van der Waals surface area contributed by atoms with Gasteiger partial charge in [0.1, 0.15) is 5.01 Å². The number of hydrogen-bond donors (Lipinski definition) is 1. The lowest BCUT2D eigenvalue weighted by atomic mass is 10.0. The summed E-state index contributed by atoms with van der Waals surface area (Å²) in [6, 6.07) is 1.06. The third-order valence-corrected chi connectivity index (χ3v) is 4.31. The van der Waals surface area contributed by atoms with Gasteiger partial charge >= 0.3 is 0 Å². The van der Waals surface area contributed by atoms with E-state index in [1.807, 2.05) is 6.20 Å². The van der Waals surface area contributed by atoms with Gasteiger partial charge in [0.2, 0.25) is 0 Å². The van der Waals surface area contributed by atoms with Crippen molar-refractivity contribution in [3.05, 3.63) is 16.1 Å². The standard InChI is InChI=1S/C12H21N3S/c1-9-8-13-12(16-9)10(2)14-11-4-6-15(3)7-5-11/h8,10-11,14H,4-7H2,1-3H3. The van der Waals surface area contributed by atoms with Crippen LogP contribution in [0.3, 0.4) is 0 Å². The van der Waals surface area contributed by atoms with Crippen molar-refractivity contribution in [2.45, 2.75) is 38.8 Å². The highest BCUT2D eigenvalue weighted by atomic mass is 32.1. The smallest absolute Gasteiger partial charge is 0.109 e. The molecule has 4 heteroatoms. The molecule has 0 spiro atoms. The Kier molecular flexibility index (Phi) is 3.95. The number of nitrogens with zero attached hydrogens (tertiary/aromatic N) is 2. The monoisotopic (exact) mass is 239 g/mol. The van der Waals surface area contributed by atoms with Crippen molar-refractivity contribution in [2.75, 3.05) is 20.1 Å². The first-order chi connectivity index (χ1) is 7.65. The van der Waals surface area contributed by atoms with Crippen molar-refractivity contribution >= 4 is 11.3 Å². The minimum absolute atomic E-state index is 0.395. The van der Waals surface area contributed by atoms with E-state index < -0.39 is 0 Å². The average Bonchev–Trinajstić information content (AvgIpc) is 2.68. The molecule has 0 bridgehead atoms. The molecule has 1 N–H and O–H groups in total. The fourth-order valence-corrected chi connectivity index (χ4v) is 2.96. The number of rotatable bonds is 3. The van der Waals surface area contributed by atoms with Gasteiger partial charge in [-0.1, -0.05) is 0 Å². The van der Waals surface area contributed by atoms with Gasteiger partial charge in [-0.15, -0.1) is 11.3 Å². The zero-order valence-electron chi connectivity index (χ0n) is 10.4. The molecule has 1 aliphatic rings. The Morgan fingerprint density at radius 3 is 2.75 bits per heavy atom. The molecule has 0 amide bonds. The molecule has 1 saturated heterocycles. The maximum atomic E-state index is 4.44. The predicted molar refractivity (Wildman–Crippen MR) is 68.9 cm³/mol. The van der Waals surface area contributed by atoms with Gasteiger partial charge in [0.05, 0.1) is 6.04 Å². The molecule has 3 nitrogen and oxygen atoms in total. The average molecular weight is 239 g/mol. The zero-order chi connectivity index (χ0) is 11.5. The maximum absolute atomic E-state index is 4.44. The van der Waals surface area contributed by atoms with Gasteiger partial charge in [0.25, 0.3) is 0 Å². The normalized spacial score (nSPS) is 21.2. The number of hydrogen-bond acceptors (Lipinski definition) is 4. The number of thiazole rings is 1. The summed E-state index contributed by atoms with van der Waals surface area (Å²) in [6.45, 7) is 6.75. The number of nitrogens with one attached hydrogen (secondary N) is 1. The van der Waals surface area contributed by atoms with Crippen LogP contribution in [0.4, 0.5) is 0 Å². The van der Waals surface area contributed by atoms with Crippen LogP contribution in [-0.4, -0.2) is 36.1 Å². The van der Waals surface area contributed by atoms with Crippen LogP contribution in [-0.2, 0) is 0 Å². The summed E-state index contributed by atoms with van der Waals surface area (Å²) in [4.78, 5) is 8.14. The molecule has 1 aromatic heterocycles. The van der Waals surface area contributed by atoms with E-state index in [0.717, 1.165) is 0 Å². The van der Waals surface area contributed by atoms with Gasteiger partial charge in [-0.25, -0.2) is 4.98 Å². The molecule has 2 rings (SSSR count). The third-order valence-electron chi connectivity index (χ3n) is 3.21. The highest BCUT2D eigenvalue weighted by Crippen LogP contribution is 2.21. The molecule has 1 aromatic rings. The fourth-order valence-electron chi connectivity index (χ4n) is 2.17. The van der Waals surface area contributed by atoms with Crippen LogP contribution >= 0.6 is 11.3 Å². The van der Waals surface area contributed by atoms with E-state index in [2.05, 4.69) is 36.1 Å². The van der Waals surface area contributed by atoms with Crippen LogP contribution in [0.2, 0.25) is 0 Å². The van der Waals surface area contributed by atoms with Gasteiger partial charge in [-0.05, 0) is 46.8 Å². The molecule has 1 atom stereocenters. The minimum atomic E-state index is 0.395. The molecule has 90 valence electrons. The number of aryl methyl sites for hydroxylation is 1. The Hall–Kier alpha value is -0.450. The first-order valence-corrected chi connectivity index (χ1v) is 6.83. The Labute approximate surface area is 102 Å². The molecule has 1 unspecified atom stereocenters. The number of aromatic nitrogens is 1. The molecule has 0 aromatic carbocycles. The molecule has 16 heavy (non-hydrogen) atoms. The van der Waals surface area contributed by atoms with E-state index in [-0.39, 0.29) is 0 Å². The Morgan fingerprint density at radius 2 is 2.19 bits per heavy atom. The second kappa shape index (κ2) is 5.25. The molecule has 0 radical (unpaired) electrons. The predicted octanol–water partition coefficient (Wildman–Crippen LogP) is 2.20. The lowest BCUT2D eigenvalue weighted by Gasteiger charge is -2.31. The summed E-state index contributed by atoms with van der Waals surface area (Å²) < 4.78 is 0. The van der Waals surface area contributed by atoms with Gasteiger partial charge < -0.3 is 10.2 Å². The SMILES string of the molecule is Cc1cnc(C(C)NC2CCN(C)CC2)s1. The molecule has 0 aliphatic carbocycles. The fraction of sp³-hybridized carbons (Fsp3) is 0.750. The number of likely N-dealkylation sites (tertiary alicyclic amines) is 1. The van der Waals surface area contributed by atoms with Crippen molar-refractivity contribution in [2.24, 2.45) is 0 Å². The van der Waals surface area contributed by atoms with Gasteiger partial charge in [0.15, 0.2) is 0 Å². The van der Waals surface area contributed by atoms with Gasteiger partial charge in [-0.2, -0.15) is 0 Å². The van der Waals surface area contributed by atoms with E-state index >= 15 is 0 Å². The van der Waals surface area contributed by atoms with Crippen molar-refractivity contribution in [1.82, 2.24) is 15.2 Å². The number of piperidine rings is 1. The topological polar surface area (TPSA) is 28.2 Å². The lowest BCUT2D eigenvalue weighted by molar-refractivity contribution is 0.226. The second-order valence-corrected chi connectivity index (χ2v) is 6.04. The maximum Gasteiger partial charge on any atom is 0.109 e. The molecule has 0 saturated carbocycles. The summed E-state index contributed by atoms with van der Waals surface area (Å²) in [5.74, 6) is 0. The summed E-state index contributed by atoms with van der Waals surface area (Å²) >= 11 is 1.80. The quantitative estimate of drug-likeness (QED) is 0.876. The first-order valence-electron chi connectivity index (χ1n) is 6.02. The Morgan fingerprint density at radius 1 is 1.50 bits per heavy atom. The van der Waals surface area contributed by atoms with Crippen LogP contribution in [0.1, 0.15) is 35.7 Å². The summed E-state index contributed by atoms with van der Waals surface area (Å²) in [5.41, 5.74) is 0. The van der Waals surface area contributed by atoms with Crippen molar-refractivity contribution < 1.29 is 0 Å². The van der Waals surface area contributed by atoms with Crippen LogP contribution < -0.4 is 5.32 Å². The lowest BCUT2D eigenvalue weighted by Crippen LogP contribution is -2.41. The summed E-state index contributed by atoms with van der Waals surface area (Å²) in [5, 5.41) is 4.91. The van der Waals surface area contributed by atoms with Crippen LogP contribution in [0.15, 0.2) is 6.20 Å². The van der Waals surface area contributed by atoms with Crippen molar-refractivity contribution in [3.8, 4) is 0 Å². The zero-order valence-corrected chi connectivity index (χ0v) is 11.2. The van der Waals surface area contributed by atoms with Crippen LogP contribution in [0.25, 0.3) is 0 Å². The second-order valence-electron chi connectivity index (χ2n) is 4.78. The van der Waals surface area contributed by atoms with Crippen LogP contribution in [0, 0.1) is 6.92 Å². The molecular weight excluding hydrogens is 218 g/mol. The van der Waals surface area contributed by atoms with Crippen molar-refractivity contribution in [3.63, 3.8) is 0 Å². The summed E-state index contributed by atoms with van der Waals surface area (Å²) in [7, 11) is 2.20. The Balaban J connectivity index is 1.85. The van der Waals surface area contributed by atoms with Crippen LogP contribution in [0.5, 0.6) is 0 Å². The molecular formula is C12H21N3S. The van der Waals surface area contributed by atoms with E-state index in [0.29, 0.717) is 12.1 Å². The highest BCUT2D eigenvalue weighted by Gasteiger charge is 2.19.